The Balaban J connectivity index is 1.50. The van der Waals surface area contributed by atoms with Crippen LogP contribution in [0.2, 0.25) is 0 Å². The van der Waals surface area contributed by atoms with Crippen LogP contribution in [0.15, 0.2) is 54.3 Å². The minimum absolute atomic E-state index is 0.0551. The van der Waals surface area contributed by atoms with Crippen LogP contribution in [-0.2, 0) is 28.5 Å². The van der Waals surface area contributed by atoms with E-state index in [1.54, 1.807) is 12.1 Å². The van der Waals surface area contributed by atoms with Crippen LogP contribution in [-0.4, -0.2) is 103 Å². The summed E-state index contributed by atoms with van der Waals surface area (Å²) < 4.78 is 21.6. The van der Waals surface area contributed by atoms with Crippen molar-refractivity contribution in [1.29, 1.82) is 0 Å². The summed E-state index contributed by atoms with van der Waals surface area (Å²) in [5.74, 6) is -4.23. The maximum Gasteiger partial charge on any atom is 0.335 e. The van der Waals surface area contributed by atoms with E-state index in [4.69, 9.17) is 18.9 Å². The zero-order chi connectivity index (χ0) is 27.6. The van der Waals surface area contributed by atoms with Gasteiger partial charge in [0.1, 0.15) is 42.4 Å². The first-order valence-corrected chi connectivity index (χ1v) is 11.6. The number of carboxylic acid groups (broad SMARTS) is 1. The molecule has 2 aliphatic heterocycles. The number of aliphatic hydroxyl groups is 5. The number of allylic oxidation sites excluding steroid dienone is 1. The number of carbonyl (C=O) groups is 2. The molecule has 0 unspecified atom stereocenters. The molecule has 9 atom stereocenters. The number of phenolic OH excluding ortho intramolecular Hbond substituents is 1. The van der Waals surface area contributed by atoms with Gasteiger partial charge in [-0.3, -0.25) is 0 Å². The quantitative estimate of drug-likeness (QED) is 0.116. The SMILES string of the molecule is O=C(/C=C/c1ccc(O)cc1)OC[C@]1(O)C=C[C@H]2C(C(=O)O)=CO[C@H](O[C@H]3O[C@@H](CO)[C@H](O)[C@@H](O)[C@@H]3O)[C@H]21. The van der Waals surface area contributed by atoms with Crippen molar-refractivity contribution in [2.45, 2.75) is 42.6 Å². The second kappa shape index (κ2) is 11.2. The van der Waals surface area contributed by atoms with Crippen LogP contribution in [0.1, 0.15) is 5.56 Å². The highest BCUT2D eigenvalue weighted by molar-refractivity contribution is 5.88. The fourth-order valence-electron chi connectivity index (χ4n) is 4.57. The standard InChI is InChI=1S/C25H28O13/c26-9-16-19(29)20(30)21(31)24(37-16)38-23-18-14(15(10-35-23)22(32)33)7-8-25(18,34)11-36-17(28)6-3-12-1-4-13(27)5-2-12/h1-8,10,14,16,18-21,23-24,26-27,29-31,34H,9,11H2,(H,32,33)/b6-3+/t14-,16-,18-,19-,20+,21-,23+,24+,25+/m0/s1. The van der Waals surface area contributed by atoms with Crippen LogP contribution < -0.4 is 0 Å². The van der Waals surface area contributed by atoms with Crippen LogP contribution in [0.5, 0.6) is 5.75 Å². The Labute approximate surface area is 216 Å². The van der Waals surface area contributed by atoms with E-state index < -0.39 is 79.6 Å². The molecular weight excluding hydrogens is 508 g/mol. The number of carbonyl (C=O) groups excluding carboxylic acids is 1. The average molecular weight is 536 g/mol. The highest BCUT2D eigenvalue weighted by Gasteiger charge is 2.56. The van der Waals surface area contributed by atoms with Gasteiger partial charge in [-0.15, -0.1) is 0 Å². The second-order valence-corrected chi connectivity index (χ2v) is 9.15. The Kier molecular flexibility index (Phi) is 8.18. The van der Waals surface area contributed by atoms with Crippen LogP contribution in [0.3, 0.4) is 0 Å². The Morgan fingerprint density at radius 2 is 1.76 bits per heavy atom. The highest BCUT2D eigenvalue weighted by Crippen LogP contribution is 2.45. The molecule has 1 aromatic carbocycles. The lowest BCUT2D eigenvalue weighted by Gasteiger charge is -2.44. The molecule has 13 nitrogen and oxygen atoms in total. The summed E-state index contributed by atoms with van der Waals surface area (Å²) in [7, 11) is 0. The third kappa shape index (κ3) is 5.59. The van der Waals surface area contributed by atoms with Gasteiger partial charge < -0.3 is 54.7 Å². The fourth-order valence-corrected chi connectivity index (χ4v) is 4.57. The Morgan fingerprint density at radius 3 is 2.42 bits per heavy atom. The van der Waals surface area contributed by atoms with Crippen molar-refractivity contribution in [1.82, 2.24) is 0 Å². The molecule has 0 spiro atoms. The fraction of sp³-hybridized carbons (Fsp3) is 0.440. The monoisotopic (exact) mass is 536 g/mol. The van der Waals surface area contributed by atoms with E-state index >= 15 is 0 Å². The van der Waals surface area contributed by atoms with E-state index in [9.17, 15) is 45.3 Å². The molecule has 0 amide bonds. The summed E-state index contributed by atoms with van der Waals surface area (Å²) in [4.78, 5) is 24.1. The van der Waals surface area contributed by atoms with Gasteiger partial charge in [0, 0.05) is 12.0 Å². The number of benzene rings is 1. The molecule has 7 N–H and O–H groups in total. The molecule has 3 aliphatic rings. The first-order valence-electron chi connectivity index (χ1n) is 11.6. The van der Waals surface area contributed by atoms with Crippen molar-refractivity contribution in [2.75, 3.05) is 13.2 Å². The Bertz CT molecular complexity index is 1110. The summed E-state index contributed by atoms with van der Waals surface area (Å²) in [5, 5.41) is 70.1. The zero-order valence-corrected chi connectivity index (χ0v) is 19.8. The molecule has 1 aliphatic carbocycles. The number of rotatable bonds is 8. The van der Waals surface area contributed by atoms with Crippen molar-refractivity contribution in [3.63, 3.8) is 0 Å². The van der Waals surface area contributed by atoms with Gasteiger partial charge in [-0.1, -0.05) is 24.3 Å². The van der Waals surface area contributed by atoms with Crippen molar-refractivity contribution >= 4 is 18.0 Å². The molecule has 2 heterocycles. The van der Waals surface area contributed by atoms with Gasteiger partial charge in [0.05, 0.1) is 24.4 Å². The summed E-state index contributed by atoms with van der Waals surface area (Å²) in [5.41, 5.74) is -1.58. The normalized spacial score (nSPS) is 36.4. The van der Waals surface area contributed by atoms with Crippen LogP contribution in [0.25, 0.3) is 6.08 Å². The first kappa shape index (κ1) is 27.7. The molecule has 0 aromatic heterocycles. The number of hydrogen-bond acceptors (Lipinski definition) is 12. The van der Waals surface area contributed by atoms with E-state index in [2.05, 4.69) is 0 Å². The third-order valence-electron chi connectivity index (χ3n) is 6.65. The van der Waals surface area contributed by atoms with Gasteiger partial charge in [-0.25, -0.2) is 9.59 Å². The lowest BCUT2D eigenvalue weighted by atomic mass is 9.79. The number of carboxylic acids is 1. The van der Waals surface area contributed by atoms with Crippen LogP contribution in [0, 0.1) is 11.8 Å². The summed E-state index contributed by atoms with van der Waals surface area (Å²) in [6.07, 6.45) is -3.40. The van der Waals surface area contributed by atoms with Crippen LogP contribution >= 0.6 is 0 Å². The van der Waals surface area contributed by atoms with Gasteiger partial charge in [0.2, 0.25) is 6.29 Å². The van der Waals surface area contributed by atoms with Gasteiger partial charge in [0.15, 0.2) is 6.29 Å². The number of phenols is 1. The zero-order valence-electron chi connectivity index (χ0n) is 19.8. The molecule has 0 bridgehead atoms. The number of ether oxygens (including phenoxy) is 4. The lowest BCUT2D eigenvalue weighted by Crippen LogP contribution is -2.61. The molecule has 206 valence electrons. The molecule has 1 fully saturated rings. The average Bonchev–Trinajstić information content (AvgIpc) is 3.25. The highest BCUT2D eigenvalue weighted by atomic mass is 16.8. The minimum Gasteiger partial charge on any atom is -0.508 e. The molecule has 0 saturated carbocycles. The van der Waals surface area contributed by atoms with Crippen molar-refractivity contribution in [3.05, 3.63) is 59.9 Å². The number of aliphatic carboxylic acids is 1. The first-order chi connectivity index (χ1) is 18.0. The van der Waals surface area contributed by atoms with E-state index in [1.807, 2.05) is 0 Å². The van der Waals surface area contributed by atoms with E-state index in [1.165, 1.54) is 30.4 Å². The van der Waals surface area contributed by atoms with Crippen LogP contribution in [0.4, 0.5) is 0 Å². The van der Waals surface area contributed by atoms with Gasteiger partial charge >= 0.3 is 11.9 Å². The maximum absolute atomic E-state index is 12.3. The molecule has 1 aromatic rings. The van der Waals surface area contributed by atoms with Crippen molar-refractivity contribution in [2.24, 2.45) is 11.8 Å². The molecule has 1 saturated heterocycles. The summed E-state index contributed by atoms with van der Waals surface area (Å²) >= 11 is 0. The predicted octanol–water partition coefficient (Wildman–Crippen LogP) is -1.38. The number of aromatic hydroxyl groups is 1. The molecule has 38 heavy (non-hydrogen) atoms. The topological polar surface area (TPSA) is 213 Å². The molecular formula is C25H28O13. The van der Waals surface area contributed by atoms with Crippen molar-refractivity contribution in [3.8, 4) is 5.75 Å². The van der Waals surface area contributed by atoms with E-state index in [-0.39, 0.29) is 11.3 Å². The summed E-state index contributed by atoms with van der Waals surface area (Å²) in [6, 6.07) is 6.00. The maximum atomic E-state index is 12.3. The Hall–Kier alpha value is -3.30. The van der Waals surface area contributed by atoms with Crippen molar-refractivity contribution < 1.29 is 64.3 Å². The van der Waals surface area contributed by atoms with Gasteiger partial charge in [0.25, 0.3) is 0 Å². The van der Waals surface area contributed by atoms with Gasteiger partial charge in [-0.05, 0) is 23.8 Å². The third-order valence-corrected chi connectivity index (χ3v) is 6.65. The second-order valence-electron chi connectivity index (χ2n) is 9.15. The number of hydrogen-bond donors (Lipinski definition) is 7. The molecule has 0 radical (unpaired) electrons. The predicted molar refractivity (Wildman–Crippen MR) is 125 cm³/mol. The largest absolute Gasteiger partial charge is 0.508 e. The lowest BCUT2D eigenvalue weighted by molar-refractivity contribution is -0.346. The van der Waals surface area contributed by atoms with E-state index in [0.717, 1.165) is 12.3 Å². The summed E-state index contributed by atoms with van der Waals surface area (Å²) in [6.45, 7) is -1.32. The smallest absolute Gasteiger partial charge is 0.335 e. The molecule has 13 heteroatoms. The number of fused-ring (bicyclic) bond motifs is 1. The van der Waals surface area contributed by atoms with Gasteiger partial charge in [-0.2, -0.15) is 0 Å². The Morgan fingerprint density at radius 1 is 1.05 bits per heavy atom. The molecule has 4 rings (SSSR count). The minimum atomic E-state index is -1.97. The number of aliphatic hydroxyl groups excluding tert-OH is 4. The van der Waals surface area contributed by atoms with E-state index in [0.29, 0.717) is 5.56 Å². The number of esters is 1.